The summed E-state index contributed by atoms with van der Waals surface area (Å²) in [6, 6.07) is 3.80. The lowest BCUT2D eigenvalue weighted by Gasteiger charge is -2.22. The number of aliphatic hydroxyl groups is 1. The smallest absolute Gasteiger partial charge is 0.318 e. The molecule has 5 nitrogen and oxygen atoms in total. The zero-order valence-electron chi connectivity index (χ0n) is 11.5. The van der Waals surface area contributed by atoms with Gasteiger partial charge < -0.3 is 15.3 Å². The van der Waals surface area contributed by atoms with E-state index in [4.69, 9.17) is 10.4 Å². The molecule has 2 N–H and O–H groups in total. The van der Waals surface area contributed by atoms with Crippen molar-refractivity contribution >= 4 is 6.03 Å². The Balaban J connectivity index is 2.00. The molecule has 1 unspecified atom stereocenters. The largest absolute Gasteiger partial charge is 0.394 e. The van der Waals surface area contributed by atoms with Gasteiger partial charge >= 0.3 is 6.03 Å². The SMILES string of the molecule is N#Cc1ccc(CNC(=O)N2CC(F)(F)CC2CO)c(F)c1. The van der Waals surface area contributed by atoms with Gasteiger partial charge in [-0.15, -0.1) is 0 Å². The maximum atomic E-state index is 13.7. The van der Waals surface area contributed by atoms with E-state index in [9.17, 15) is 18.0 Å². The molecule has 1 atom stereocenters. The first-order chi connectivity index (χ1) is 10.4. The van der Waals surface area contributed by atoms with Crippen LogP contribution in [0.5, 0.6) is 0 Å². The van der Waals surface area contributed by atoms with E-state index in [-0.39, 0.29) is 17.7 Å². The molecule has 0 bridgehead atoms. The fourth-order valence-corrected chi connectivity index (χ4v) is 2.33. The minimum atomic E-state index is -3.04. The maximum absolute atomic E-state index is 13.7. The molecule has 1 aliphatic heterocycles. The van der Waals surface area contributed by atoms with Crippen molar-refractivity contribution in [2.45, 2.75) is 24.9 Å². The minimum Gasteiger partial charge on any atom is -0.394 e. The molecule has 22 heavy (non-hydrogen) atoms. The fourth-order valence-electron chi connectivity index (χ4n) is 2.33. The Hall–Kier alpha value is -2.27. The Morgan fingerprint density at radius 3 is 2.86 bits per heavy atom. The molecule has 1 aliphatic rings. The lowest BCUT2D eigenvalue weighted by molar-refractivity contribution is 0.0141. The molecule has 1 heterocycles. The van der Waals surface area contributed by atoms with Gasteiger partial charge in [0.1, 0.15) is 5.82 Å². The second kappa shape index (κ2) is 6.23. The van der Waals surface area contributed by atoms with Crippen LogP contribution in [0.2, 0.25) is 0 Å². The Labute approximate surface area is 124 Å². The highest BCUT2D eigenvalue weighted by Gasteiger charge is 2.46. The summed E-state index contributed by atoms with van der Waals surface area (Å²) < 4.78 is 40.2. The molecule has 0 radical (unpaired) electrons. The van der Waals surface area contributed by atoms with E-state index in [1.807, 2.05) is 0 Å². The molecule has 1 aromatic carbocycles. The average Bonchev–Trinajstić information content (AvgIpc) is 2.80. The van der Waals surface area contributed by atoms with Gasteiger partial charge in [0, 0.05) is 18.5 Å². The van der Waals surface area contributed by atoms with Crippen molar-refractivity contribution in [1.29, 1.82) is 5.26 Å². The Bertz CT molecular complexity index is 616. The number of rotatable bonds is 3. The van der Waals surface area contributed by atoms with Crippen LogP contribution in [0.3, 0.4) is 0 Å². The van der Waals surface area contributed by atoms with Gasteiger partial charge in [-0.25, -0.2) is 18.0 Å². The molecule has 1 saturated heterocycles. The van der Waals surface area contributed by atoms with E-state index < -0.39 is 43.4 Å². The summed E-state index contributed by atoms with van der Waals surface area (Å²) in [6.45, 7) is -1.54. The topological polar surface area (TPSA) is 76.4 Å². The first-order valence-corrected chi connectivity index (χ1v) is 6.58. The second-order valence-electron chi connectivity index (χ2n) is 5.10. The van der Waals surface area contributed by atoms with E-state index in [0.29, 0.717) is 0 Å². The number of carbonyl (C=O) groups is 1. The van der Waals surface area contributed by atoms with Gasteiger partial charge in [-0.05, 0) is 12.1 Å². The zero-order chi connectivity index (χ0) is 16.3. The number of nitriles is 1. The van der Waals surface area contributed by atoms with Crippen LogP contribution in [0, 0.1) is 17.1 Å². The molecule has 2 rings (SSSR count). The molecule has 8 heteroatoms. The summed E-state index contributed by atoms with van der Waals surface area (Å²) in [5.74, 6) is -3.70. The molecule has 0 aliphatic carbocycles. The molecule has 1 fully saturated rings. The lowest BCUT2D eigenvalue weighted by Crippen LogP contribution is -2.44. The van der Waals surface area contributed by atoms with E-state index in [1.165, 1.54) is 12.1 Å². The van der Waals surface area contributed by atoms with Crippen LogP contribution < -0.4 is 5.32 Å². The van der Waals surface area contributed by atoms with Crippen molar-refractivity contribution in [3.63, 3.8) is 0 Å². The number of benzene rings is 1. The molecular formula is C14H14F3N3O2. The van der Waals surface area contributed by atoms with Crippen LogP contribution in [0.15, 0.2) is 18.2 Å². The van der Waals surface area contributed by atoms with Crippen LogP contribution in [0.4, 0.5) is 18.0 Å². The van der Waals surface area contributed by atoms with E-state index >= 15 is 0 Å². The number of likely N-dealkylation sites (tertiary alicyclic amines) is 1. The molecule has 0 spiro atoms. The van der Waals surface area contributed by atoms with E-state index in [1.54, 1.807) is 6.07 Å². The maximum Gasteiger partial charge on any atom is 0.318 e. The summed E-state index contributed by atoms with van der Waals surface area (Å²) in [4.78, 5) is 12.8. The standard InChI is InChI=1S/C14H14F3N3O2/c15-12-3-9(5-18)1-2-10(12)6-19-13(22)20-8-14(16,17)4-11(20)7-21/h1-3,11,21H,4,6-8H2,(H,19,22). The summed E-state index contributed by atoms with van der Waals surface area (Å²) in [5, 5.41) is 20.0. The Morgan fingerprint density at radius 2 is 2.27 bits per heavy atom. The second-order valence-corrected chi connectivity index (χ2v) is 5.10. The number of hydrogen-bond donors (Lipinski definition) is 2. The van der Waals surface area contributed by atoms with Gasteiger partial charge in [0.25, 0.3) is 5.92 Å². The number of carbonyl (C=O) groups excluding carboxylic acids is 1. The van der Waals surface area contributed by atoms with Crippen molar-refractivity contribution in [1.82, 2.24) is 10.2 Å². The predicted molar refractivity (Wildman–Crippen MR) is 70.5 cm³/mol. The number of hydrogen-bond acceptors (Lipinski definition) is 3. The molecule has 0 aromatic heterocycles. The van der Waals surface area contributed by atoms with Gasteiger partial charge in [-0.2, -0.15) is 5.26 Å². The molecule has 1 aromatic rings. The third kappa shape index (κ3) is 3.49. The van der Waals surface area contributed by atoms with Crippen LogP contribution in [-0.2, 0) is 6.54 Å². The number of amides is 2. The minimum absolute atomic E-state index is 0.138. The van der Waals surface area contributed by atoms with Crippen LogP contribution in [0.1, 0.15) is 17.5 Å². The van der Waals surface area contributed by atoms with Gasteiger partial charge in [-0.3, -0.25) is 0 Å². The monoisotopic (exact) mass is 313 g/mol. The Morgan fingerprint density at radius 1 is 1.55 bits per heavy atom. The van der Waals surface area contributed by atoms with E-state index in [0.717, 1.165) is 11.0 Å². The summed E-state index contributed by atoms with van der Waals surface area (Å²) in [5.41, 5.74) is 0.283. The van der Waals surface area contributed by atoms with E-state index in [2.05, 4.69) is 5.32 Å². The van der Waals surface area contributed by atoms with Gasteiger partial charge in [0.2, 0.25) is 0 Å². The Kier molecular flexibility index (Phi) is 4.56. The highest BCUT2D eigenvalue weighted by atomic mass is 19.3. The number of nitrogens with one attached hydrogen (secondary N) is 1. The number of alkyl halides is 2. The van der Waals surface area contributed by atoms with Crippen LogP contribution in [-0.4, -0.2) is 41.2 Å². The summed E-state index contributed by atoms with van der Waals surface area (Å²) in [7, 11) is 0. The number of urea groups is 1. The number of aliphatic hydroxyl groups excluding tert-OH is 1. The van der Waals surface area contributed by atoms with Gasteiger partial charge in [0.05, 0.1) is 30.8 Å². The van der Waals surface area contributed by atoms with Gasteiger partial charge in [0.15, 0.2) is 0 Å². The van der Waals surface area contributed by atoms with Crippen LogP contribution in [0.25, 0.3) is 0 Å². The first-order valence-electron chi connectivity index (χ1n) is 6.58. The third-order valence-corrected chi connectivity index (χ3v) is 3.46. The average molecular weight is 313 g/mol. The highest BCUT2D eigenvalue weighted by Crippen LogP contribution is 2.31. The molecule has 2 amide bonds. The van der Waals surface area contributed by atoms with Crippen molar-refractivity contribution in [2.75, 3.05) is 13.2 Å². The summed E-state index contributed by atoms with van der Waals surface area (Å²) >= 11 is 0. The fraction of sp³-hybridized carbons (Fsp3) is 0.429. The third-order valence-electron chi connectivity index (χ3n) is 3.46. The van der Waals surface area contributed by atoms with Crippen molar-refractivity contribution in [2.24, 2.45) is 0 Å². The quantitative estimate of drug-likeness (QED) is 0.890. The number of halogens is 3. The molecular weight excluding hydrogens is 299 g/mol. The van der Waals surface area contributed by atoms with Crippen molar-refractivity contribution in [3.8, 4) is 6.07 Å². The van der Waals surface area contributed by atoms with Crippen LogP contribution >= 0.6 is 0 Å². The lowest BCUT2D eigenvalue weighted by atomic mass is 10.1. The molecule has 118 valence electrons. The first kappa shape index (κ1) is 16.1. The predicted octanol–water partition coefficient (Wildman–Crippen LogP) is 1.61. The number of nitrogens with zero attached hydrogens (tertiary/aromatic N) is 2. The summed E-state index contributed by atoms with van der Waals surface area (Å²) in [6.07, 6.45) is -0.595. The van der Waals surface area contributed by atoms with Crippen molar-refractivity contribution in [3.05, 3.63) is 35.1 Å². The van der Waals surface area contributed by atoms with Gasteiger partial charge in [-0.1, -0.05) is 6.07 Å². The molecule has 0 saturated carbocycles. The highest BCUT2D eigenvalue weighted by molar-refractivity contribution is 5.75. The van der Waals surface area contributed by atoms with Crippen molar-refractivity contribution < 1.29 is 23.1 Å². The zero-order valence-corrected chi connectivity index (χ0v) is 11.5. The normalized spacial score (nSPS) is 19.8.